The topological polar surface area (TPSA) is 30.7 Å². The molecule has 0 amide bonds. The van der Waals surface area contributed by atoms with E-state index in [0.29, 0.717) is 0 Å². The fourth-order valence-electron chi connectivity index (χ4n) is 0.341. The Morgan fingerprint density at radius 3 is 1.77 bits per heavy atom. The van der Waals surface area contributed by atoms with Gasteiger partial charge in [0.05, 0.1) is 0 Å². The molecule has 0 aliphatic rings. The van der Waals surface area contributed by atoms with Crippen LogP contribution in [-0.4, -0.2) is 14.8 Å². The van der Waals surface area contributed by atoms with Gasteiger partial charge in [0.25, 0.3) is 0 Å². The Hall–Kier alpha value is -0.860. The van der Waals surface area contributed by atoms with Crippen LogP contribution in [0, 0.1) is 6.92 Å². The van der Waals surface area contributed by atoms with Crippen molar-refractivity contribution in [3.63, 3.8) is 0 Å². The van der Waals surface area contributed by atoms with E-state index in [2.05, 4.69) is 24.0 Å². The first-order chi connectivity index (χ1) is 6.22. The van der Waals surface area contributed by atoms with Crippen molar-refractivity contribution in [1.29, 1.82) is 0 Å². The Balaban J connectivity index is 0. The average Bonchev–Trinajstić information content (AvgIpc) is 2.55. The molecule has 1 aromatic heterocycles. The third-order valence-corrected chi connectivity index (χ3v) is 1.44. The number of unbranched alkanes of at least 4 members (excludes halogenated alkanes) is 1. The summed E-state index contributed by atoms with van der Waals surface area (Å²) in [5.41, 5.74) is 0. The van der Waals surface area contributed by atoms with E-state index >= 15 is 0 Å². The lowest BCUT2D eigenvalue weighted by atomic mass is 10.4. The monoisotopic (exact) mass is 185 g/mol. The SMILES string of the molecule is CC.CCCC.Cc1nncn1C. The first-order valence-corrected chi connectivity index (χ1v) is 5.03. The summed E-state index contributed by atoms with van der Waals surface area (Å²) in [6, 6.07) is 0. The molecule has 0 atom stereocenters. The highest BCUT2D eigenvalue weighted by Gasteiger charge is 1.85. The molecule has 0 unspecified atom stereocenters. The fourth-order valence-corrected chi connectivity index (χ4v) is 0.341. The van der Waals surface area contributed by atoms with Crippen molar-refractivity contribution in [1.82, 2.24) is 14.8 Å². The van der Waals surface area contributed by atoms with Gasteiger partial charge < -0.3 is 4.57 Å². The molecule has 1 rings (SSSR count). The molecule has 0 bridgehead atoms. The Kier molecular flexibility index (Phi) is 12.6. The maximum atomic E-state index is 3.73. The molecule has 78 valence electrons. The van der Waals surface area contributed by atoms with E-state index in [1.165, 1.54) is 12.8 Å². The van der Waals surface area contributed by atoms with Gasteiger partial charge in [0.1, 0.15) is 12.2 Å². The molecule has 0 aliphatic heterocycles. The number of rotatable bonds is 1. The highest BCUT2D eigenvalue weighted by molar-refractivity contribution is 4.76. The quantitative estimate of drug-likeness (QED) is 0.673. The number of nitrogens with zero attached hydrogens (tertiary/aromatic N) is 3. The summed E-state index contributed by atoms with van der Waals surface area (Å²) in [4.78, 5) is 0. The second-order valence-corrected chi connectivity index (χ2v) is 2.49. The molecular formula is C10H23N3. The van der Waals surface area contributed by atoms with Gasteiger partial charge in [-0.2, -0.15) is 0 Å². The lowest BCUT2D eigenvalue weighted by Gasteiger charge is -1.84. The predicted molar refractivity (Wildman–Crippen MR) is 57.7 cm³/mol. The molecule has 1 heterocycles. The predicted octanol–water partition coefficient (Wildman–Crippen LogP) is 2.96. The summed E-state index contributed by atoms with van der Waals surface area (Å²) in [6.07, 6.45) is 4.31. The van der Waals surface area contributed by atoms with Crippen molar-refractivity contribution in [3.8, 4) is 0 Å². The minimum Gasteiger partial charge on any atom is -0.321 e. The van der Waals surface area contributed by atoms with Crippen molar-refractivity contribution in [2.24, 2.45) is 7.05 Å². The van der Waals surface area contributed by atoms with Crippen LogP contribution in [0.15, 0.2) is 6.33 Å². The number of hydrogen-bond donors (Lipinski definition) is 0. The Morgan fingerprint density at radius 1 is 1.23 bits per heavy atom. The van der Waals surface area contributed by atoms with Crippen molar-refractivity contribution < 1.29 is 0 Å². The van der Waals surface area contributed by atoms with Crippen LogP contribution in [0.25, 0.3) is 0 Å². The number of aromatic nitrogens is 3. The standard InChI is InChI=1S/C4H7N3.C4H10.C2H6/c1-4-6-5-3-7(4)2;1-3-4-2;1-2/h3H,1-2H3;3-4H2,1-2H3;1-2H3. The maximum Gasteiger partial charge on any atom is 0.129 e. The van der Waals surface area contributed by atoms with E-state index in [0.717, 1.165) is 5.82 Å². The largest absolute Gasteiger partial charge is 0.321 e. The summed E-state index contributed by atoms with van der Waals surface area (Å²) in [5.74, 6) is 0.944. The molecule has 0 saturated heterocycles. The molecule has 3 nitrogen and oxygen atoms in total. The Bertz CT molecular complexity index is 164. The van der Waals surface area contributed by atoms with Crippen molar-refractivity contribution >= 4 is 0 Å². The van der Waals surface area contributed by atoms with Crippen molar-refractivity contribution in [3.05, 3.63) is 12.2 Å². The zero-order chi connectivity index (χ0) is 10.7. The van der Waals surface area contributed by atoms with E-state index < -0.39 is 0 Å². The molecule has 0 saturated carbocycles. The minimum absolute atomic E-state index is 0.944. The summed E-state index contributed by atoms with van der Waals surface area (Å²) in [5, 5.41) is 7.36. The van der Waals surface area contributed by atoms with E-state index in [9.17, 15) is 0 Å². The summed E-state index contributed by atoms with van der Waals surface area (Å²) >= 11 is 0. The van der Waals surface area contributed by atoms with Gasteiger partial charge in [-0.15, -0.1) is 10.2 Å². The van der Waals surface area contributed by atoms with Crippen LogP contribution in [0.5, 0.6) is 0 Å². The van der Waals surface area contributed by atoms with Gasteiger partial charge in [-0.1, -0.05) is 40.5 Å². The second kappa shape index (κ2) is 11.1. The second-order valence-electron chi connectivity index (χ2n) is 2.49. The Labute approximate surface area is 82.2 Å². The summed E-state index contributed by atoms with van der Waals surface area (Å²) in [6.45, 7) is 10.3. The lowest BCUT2D eigenvalue weighted by molar-refractivity contribution is 0.858. The highest BCUT2D eigenvalue weighted by Crippen LogP contribution is 1.82. The molecule has 1 aromatic rings. The third kappa shape index (κ3) is 9.05. The van der Waals surface area contributed by atoms with Gasteiger partial charge >= 0.3 is 0 Å². The van der Waals surface area contributed by atoms with Crippen LogP contribution in [0.4, 0.5) is 0 Å². The fraction of sp³-hybridized carbons (Fsp3) is 0.800. The molecule has 0 aliphatic carbocycles. The van der Waals surface area contributed by atoms with Crippen LogP contribution in [0.1, 0.15) is 46.4 Å². The van der Waals surface area contributed by atoms with Crippen LogP contribution >= 0.6 is 0 Å². The molecule has 3 heteroatoms. The van der Waals surface area contributed by atoms with Gasteiger partial charge in [-0.3, -0.25) is 0 Å². The van der Waals surface area contributed by atoms with Crippen LogP contribution < -0.4 is 0 Å². The highest BCUT2D eigenvalue weighted by atomic mass is 15.2. The molecule has 0 fully saturated rings. The first kappa shape index (κ1) is 14.7. The van der Waals surface area contributed by atoms with E-state index in [4.69, 9.17) is 0 Å². The van der Waals surface area contributed by atoms with Gasteiger partial charge in [-0.05, 0) is 6.92 Å². The van der Waals surface area contributed by atoms with E-state index in [-0.39, 0.29) is 0 Å². The first-order valence-electron chi connectivity index (χ1n) is 5.03. The van der Waals surface area contributed by atoms with E-state index in [1.807, 2.05) is 32.4 Å². The van der Waals surface area contributed by atoms with Gasteiger partial charge in [-0.25, -0.2) is 0 Å². The van der Waals surface area contributed by atoms with Gasteiger partial charge in [0.15, 0.2) is 0 Å². The number of hydrogen-bond acceptors (Lipinski definition) is 2. The van der Waals surface area contributed by atoms with Crippen molar-refractivity contribution in [2.45, 2.75) is 47.5 Å². The smallest absolute Gasteiger partial charge is 0.129 e. The van der Waals surface area contributed by atoms with Crippen LogP contribution in [0.2, 0.25) is 0 Å². The molecule has 0 spiro atoms. The van der Waals surface area contributed by atoms with E-state index in [1.54, 1.807) is 6.33 Å². The maximum absolute atomic E-state index is 3.73. The average molecular weight is 185 g/mol. The molecule has 0 N–H and O–H groups in total. The molecule has 0 radical (unpaired) electrons. The Morgan fingerprint density at radius 2 is 1.69 bits per heavy atom. The zero-order valence-corrected chi connectivity index (χ0v) is 9.83. The molecular weight excluding hydrogens is 162 g/mol. The van der Waals surface area contributed by atoms with Gasteiger partial charge in [0, 0.05) is 7.05 Å². The van der Waals surface area contributed by atoms with Crippen molar-refractivity contribution in [2.75, 3.05) is 0 Å². The lowest BCUT2D eigenvalue weighted by Crippen LogP contribution is -1.86. The summed E-state index contributed by atoms with van der Waals surface area (Å²) in [7, 11) is 1.91. The minimum atomic E-state index is 0.944. The normalized spacial score (nSPS) is 7.85. The summed E-state index contributed by atoms with van der Waals surface area (Å²) < 4.78 is 1.86. The van der Waals surface area contributed by atoms with Crippen LogP contribution in [-0.2, 0) is 7.05 Å². The molecule has 0 aromatic carbocycles. The third-order valence-electron chi connectivity index (χ3n) is 1.44. The van der Waals surface area contributed by atoms with Gasteiger partial charge in [0.2, 0.25) is 0 Å². The zero-order valence-electron chi connectivity index (χ0n) is 9.83. The number of aryl methyl sites for hydroxylation is 2. The van der Waals surface area contributed by atoms with Crippen LogP contribution in [0.3, 0.4) is 0 Å². The molecule has 13 heavy (non-hydrogen) atoms.